The fourth-order valence-corrected chi connectivity index (χ4v) is 1.88. The average Bonchev–Trinajstić information content (AvgIpc) is 2.81. The van der Waals surface area contributed by atoms with Gasteiger partial charge >= 0.3 is 0 Å². The minimum absolute atomic E-state index is 0.0861. The standard InChI is InChI=1S/C15H23N5/c1-6-8-16-13-10-11(12-7-9-17-20(12)5)18-14(19-13)15(2,3)4/h7,9-10H,6,8H2,1-5H3,(H,16,18,19). The molecule has 0 spiro atoms. The first-order chi connectivity index (χ1) is 9.41. The molecule has 0 aliphatic rings. The minimum Gasteiger partial charge on any atom is -0.370 e. The van der Waals surface area contributed by atoms with Gasteiger partial charge in [-0.15, -0.1) is 0 Å². The molecule has 0 fully saturated rings. The molecule has 0 bridgehead atoms. The normalized spacial score (nSPS) is 11.7. The zero-order valence-electron chi connectivity index (χ0n) is 12.9. The van der Waals surface area contributed by atoms with Gasteiger partial charge in [0.1, 0.15) is 11.6 Å². The van der Waals surface area contributed by atoms with Gasteiger partial charge in [0.25, 0.3) is 0 Å². The van der Waals surface area contributed by atoms with E-state index >= 15 is 0 Å². The Balaban J connectivity index is 2.48. The van der Waals surface area contributed by atoms with Gasteiger partial charge in [0, 0.05) is 31.3 Å². The molecular weight excluding hydrogens is 250 g/mol. The number of rotatable bonds is 4. The highest BCUT2D eigenvalue weighted by Gasteiger charge is 2.20. The highest BCUT2D eigenvalue weighted by Crippen LogP contribution is 2.25. The number of hydrogen-bond donors (Lipinski definition) is 1. The van der Waals surface area contributed by atoms with Gasteiger partial charge < -0.3 is 5.32 Å². The molecule has 0 saturated carbocycles. The van der Waals surface area contributed by atoms with Crippen LogP contribution < -0.4 is 5.32 Å². The van der Waals surface area contributed by atoms with E-state index in [0.717, 1.165) is 36.0 Å². The van der Waals surface area contributed by atoms with Gasteiger partial charge in [0.15, 0.2) is 0 Å². The van der Waals surface area contributed by atoms with Crippen LogP contribution in [0.3, 0.4) is 0 Å². The second kappa shape index (κ2) is 5.61. The van der Waals surface area contributed by atoms with Crippen LogP contribution in [0.2, 0.25) is 0 Å². The van der Waals surface area contributed by atoms with Gasteiger partial charge in [-0.3, -0.25) is 4.68 Å². The molecule has 0 atom stereocenters. The van der Waals surface area contributed by atoms with E-state index < -0.39 is 0 Å². The van der Waals surface area contributed by atoms with Crippen LogP contribution in [0.4, 0.5) is 5.82 Å². The van der Waals surface area contributed by atoms with Gasteiger partial charge in [0.05, 0.1) is 11.4 Å². The number of nitrogens with zero attached hydrogens (tertiary/aromatic N) is 4. The van der Waals surface area contributed by atoms with Crippen LogP contribution >= 0.6 is 0 Å². The van der Waals surface area contributed by atoms with Crippen LogP contribution in [0.5, 0.6) is 0 Å². The van der Waals surface area contributed by atoms with Gasteiger partial charge in [-0.2, -0.15) is 5.10 Å². The fourth-order valence-electron chi connectivity index (χ4n) is 1.88. The molecule has 0 aliphatic heterocycles. The van der Waals surface area contributed by atoms with Crippen molar-refractivity contribution in [2.75, 3.05) is 11.9 Å². The number of nitrogens with one attached hydrogen (secondary N) is 1. The SMILES string of the molecule is CCCNc1cc(-c2ccnn2C)nc(C(C)(C)C)n1. The van der Waals surface area contributed by atoms with Crippen LogP contribution in [-0.2, 0) is 12.5 Å². The number of anilines is 1. The summed E-state index contributed by atoms with van der Waals surface area (Å²) in [6.45, 7) is 9.42. The third kappa shape index (κ3) is 3.15. The van der Waals surface area contributed by atoms with E-state index in [1.54, 1.807) is 6.20 Å². The lowest BCUT2D eigenvalue weighted by Crippen LogP contribution is -2.18. The second-order valence-electron chi connectivity index (χ2n) is 5.98. The van der Waals surface area contributed by atoms with Crippen molar-refractivity contribution in [2.45, 2.75) is 39.5 Å². The summed E-state index contributed by atoms with van der Waals surface area (Å²) in [6, 6.07) is 3.96. The summed E-state index contributed by atoms with van der Waals surface area (Å²) in [5.74, 6) is 1.72. The van der Waals surface area contributed by atoms with Crippen LogP contribution in [0.25, 0.3) is 11.4 Å². The molecule has 0 unspecified atom stereocenters. The number of aromatic nitrogens is 4. The Hall–Kier alpha value is -1.91. The molecule has 0 saturated heterocycles. The first-order valence-electron chi connectivity index (χ1n) is 7.03. The summed E-state index contributed by atoms with van der Waals surface area (Å²) in [5, 5.41) is 7.56. The Morgan fingerprint density at radius 2 is 2.00 bits per heavy atom. The zero-order valence-corrected chi connectivity index (χ0v) is 12.9. The summed E-state index contributed by atoms with van der Waals surface area (Å²) < 4.78 is 1.83. The molecule has 5 nitrogen and oxygen atoms in total. The molecule has 0 amide bonds. The number of hydrogen-bond acceptors (Lipinski definition) is 4. The van der Waals surface area contributed by atoms with Crippen LogP contribution in [0.15, 0.2) is 18.3 Å². The van der Waals surface area contributed by atoms with Gasteiger partial charge in [-0.05, 0) is 12.5 Å². The van der Waals surface area contributed by atoms with E-state index in [9.17, 15) is 0 Å². The minimum atomic E-state index is -0.0861. The smallest absolute Gasteiger partial charge is 0.136 e. The van der Waals surface area contributed by atoms with Crippen molar-refractivity contribution >= 4 is 5.82 Å². The summed E-state index contributed by atoms with van der Waals surface area (Å²) >= 11 is 0. The zero-order chi connectivity index (χ0) is 14.8. The lowest BCUT2D eigenvalue weighted by Gasteiger charge is -2.19. The Morgan fingerprint density at radius 1 is 1.25 bits per heavy atom. The second-order valence-corrected chi connectivity index (χ2v) is 5.98. The molecule has 2 aromatic rings. The van der Waals surface area contributed by atoms with E-state index in [1.807, 2.05) is 23.9 Å². The van der Waals surface area contributed by atoms with E-state index in [2.05, 4.69) is 43.1 Å². The van der Waals surface area contributed by atoms with Crippen LogP contribution in [0, 0.1) is 0 Å². The predicted molar refractivity (Wildman–Crippen MR) is 81.7 cm³/mol. The van der Waals surface area contributed by atoms with Crippen LogP contribution in [0.1, 0.15) is 39.9 Å². The van der Waals surface area contributed by atoms with Gasteiger partial charge in [-0.25, -0.2) is 9.97 Å². The van der Waals surface area contributed by atoms with Crippen LogP contribution in [-0.4, -0.2) is 26.3 Å². The van der Waals surface area contributed by atoms with Crippen molar-refractivity contribution in [3.63, 3.8) is 0 Å². The maximum absolute atomic E-state index is 4.70. The first kappa shape index (κ1) is 14.5. The van der Waals surface area contributed by atoms with Gasteiger partial charge in [-0.1, -0.05) is 27.7 Å². The van der Waals surface area contributed by atoms with Crippen molar-refractivity contribution in [2.24, 2.45) is 7.05 Å². The molecule has 20 heavy (non-hydrogen) atoms. The summed E-state index contributed by atoms with van der Waals surface area (Å²) in [5.41, 5.74) is 1.82. The topological polar surface area (TPSA) is 55.6 Å². The lowest BCUT2D eigenvalue weighted by atomic mass is 9.95. The van der Waals surface area contributed by atoms with Crippen molar-refractivity contribution in [1.29, 1.82) is 0 Å². The number of aryl methyl sites for hydroxylation is 1. The Bertz CT molecular complexity index is 580. The van der Waals surface area contributed by atoms with E-state index in [1.165, 1.54) is 0 Å². The average molecular weight is 273 g/mol. The van der Waals surface area contributed by atoms with Crippen molar-refractivity contribution in [3.05, 3.63) is 24.2 Å². The predicted octanol–water partition coefficient (Wildman–Crippen LogP) is 3.00. The molecule has 108 valence electrons. The van der Waals surface area contributed by atoms with Crippen molar-refractivity contribution < 1.29 is 0 Å². The Kier molecular flexibility index (Phi) is 4.06. The summed E-state index contributed by atoms with van der Waals surface area (Å²) in [6.07, 6.45) is 2.85. The molecule has 2 aromatic heterocycles. The van der Waals surface area contributed by atoms with Gasteiger partial charge in [0.2, 0.25) is 0 Å². The van der Waals surface area contributed by atoms with Crippen molar-refractivity contribution in [3.8, 4) is 11.4 Å². The fraction of sp³-hybridized carbons (Fsp3) is 0.533. The third-order valence-corrected chi connectivity index (χ3v) is 3.04. The first-order valence-corrected chi connectivity index (χ1v) is 7.03. The molecular formula is C15H23N5. The molecule has 5 heteroatoms. The molecule has 0 aromatic carbocycles. The maximum Gasteiger partial charge on any atom is 0.136 e. The van der Waals surface area contributed by atoms with E-state index in [4.69, 9.17) is 4.98 Å². The van der Waals surface area contributed by atoms with E-state index in [0.29, 0.717) is 0 Å². The Morgan fingerprint density at radius 3 is 2.55 bits per heavy atom. The third-order valence-electron chi connectivity index (χ3n) is 3.04. The monoisotopic (exact) mass is 273 g/mol. The molecule has 1 N–H and O–H groups in total. The van der Waals surface area contributed by atoms with E-state index in [-0.39, 0.29) is 5.41 Å². The summed E-state index contributed by atoms with van der Waals surface area (Å²) in [4.78, 5) is 9.33. The maximum atomic E-state index is 4.70. The highest BCUT2D eigenvalue weighted by atomic mass is 15.3. The Labute approximate surface area is 120 Å². The molecule has 0 aliphatic carbocycles. The summed E-state index contributed by atoms with van der Waals surface area (Å²) in [7, 11) is 1.92. The quantitative estimate of drug-likeness (QED) is 0.930. The van der Waals surface area contributed by atoms with Crippen molar-refractivity contribution in [1.82, 2.24) is 19.7 Å². The molecule has 2 rings (SSSR count). The largest absolute Gasteiger partial charge is 0.370 e. The lowest BCUT2D eigenvalue weighted by molar-refractivity contribution is 0.546. The molecule has 0 radical (unpaired) electrons. The molecule has 2 heterocycles. The highest BCUT2D eigenvalue weighted by molar-refractivity contribution is 5.59.